The zero-order valence-electron chi connectivity index (χ0n) is 16.6. The van der Waals surface area contributed by atoms with E-state index >= 15 is 0 Å². The summed E-state index contributed by atoms with van der Waals surface area (Å²) in [5.41, 5.74) is 1.91. The highest BCUT2D eigenvalue weighted by Crippen LogP contribution is 2.34. The number of carbonyl (C=O) groups is 1. The van der Waals surface area contributed by atoms with Crippen LogP contribution in [0, 0.1) is 17.0 Å². The number of thioether (sulfide) groups is 1. The Balaban J connectivity index is 1.52. The van der Waals surface area contributed by atoms with E-state index in [0.29, 0.717) is 16.4 Å². The summed E-state index contributed by atoms with van der Waals surface area (Å²) in [7, 11) is 1.67. The van der Waals surface area contributed by atoms with Crippen LogP contribution in [0.15, 0.2) is 28.2 Å². The van der Waals surface area contributed by atoms with Gasteiger partial charge in [0.2, 0.25) is 5.91 Å². The first-order chi connectivity index (χ1) is 14.3. The van der Waals surface area contributed by atoms with Crippen LogP contribution in [-0.2, 0) is 24.7 Å². The van der Waals surface area contributed by atoms with Crippen molar-refractivity contribution in [1.82, 2.24) is 9.55 Å². The molecule has 1 aromatic carbocycles. The van der Waals surface area contributed by atoms with Gasteiger partial charge in [0.1, 0.15) is 4.83 Å². The SMILES string of the molecule is Cc1ccc(NC(=O)CSc2nc3sc4c(c3c(=O)n2C)CCCC4)cc1[N+](=O)[O-]. The molecule has 0 saturated carbocycles. The third-order valence-electron chi connectivity index (χ3n) is 5.18. The summed E-state index contributed by atoms with van der Waals surface area (Å²) in [5.74, 6) is -0.281. The van der Waals surface area contributed by atoms with Crippen molar-refractivity contribution in [2.45, 2.75) is 37.8 Å². The van der Waals surface area contributed by atoms with Gasteiger partial charge < -0.3 is 5.32 Å². The van der Waals surface area contributed by atoms with E-state index in [4.69, 9.17) is 0 Å². The molecule has 4 rings (SSSR count). The lowest BCUT2D eigenvalue weighted by atomic mass is 9.97. The van der Waals surface area contributed by atoms with Crippen LogP contribution in [0.5, 0.6) is 0 Å². The van der Waals surface area contributed by atoms with Gasteiger partial charge in [-0.15, -0.1) is 11.3 Å². The number of nitro groups is 1. The average Bonchev–Trinajstić information content (AvgIpc) is 3.09. The van der Waals surface area contributed by atoms with E-state index in [9.17, 15) is 19.7 Å². The molecule has 0 aliphatic heterocycles. The Kier molecular flexibility index (Phi) is 5.61. The van der Waals surface area contributed by atoms with Crippen molar-refractivity contribution in [3.63, 3.8) is 0 Å². The number of rotatable bonds is 5. The molecule has 1 N–H and O–H groups in total. The highest BCUT2D eigenvalue weighted by Gasteiger charge is 2.21. The van der Waals surface area contributed by atoms with E-state index in [2.05, 4.69) is 10.3 Å². The summed E-state index contributed by atoms with van der Waals surface area (Å²) in [6.07, 6.45) is 4.14. The molecule has 0 spiro atoms. The van der Waals surface area contributed by atoms with Gasteiger partial charge in [-0.05, 0) is 44.2 Å². The fourth-order valence-corrected chi connectivity index (χ4v) is 5.68. The lowest BCUT2D eigenvalue weighted by Crippen LogP contribution is -2.22. The summed E-state index contributed by atoms with van der Waals surface area (Å²) in [4.78, 5) is 42.5. The third kappa shape index (κ3) is 3.84. The van der Waals surface area contributed by atoms with Crippen LogP contribution in [-0.4, -0.2) is 26.1 Å². The predicted octanol–water partition coefficient (Wildman–Crippen LogP) is 3.82. The van der Waals surface area contributed by atoms with E-state index in [1.165, 1.54) is 27.3 Å². The minimum Gasteiger partial charge on any atom is -0.325 e. The Morgan fingerprint density at radius 1 is 1.37 bits per heavy atom. The minimum atomic E-state index is -0.477. The maximum Gasteiger partial charge on any atom is 0.274 e. The second-order valence-corrected chi connectivity index (χ2v) is 9.27. The minimum absolute atomic E-state index is 0.0402. The molecule has 1 amide bonds. The molecule has 3 aromatic rings. The molecule has 0 radical (unpaired) electrons. The Bertz CT molecular complexity index is 1230. The molecule has 0 unspecified atom stereocenters. The molecule has 0 bridgehead atoms. The fourth-order valence-electron chi connectivity index (χ4n) is 3.61. The molecule has 0 fully saturated rings. The Hall–Kier alpha value is -2.72. The van der Waals surface area contributed by atoms with Gasteiger partial charge in [-0.1, -0.05) is 17.8 Å². The Morgan fingerprint density at radius 2 is 2.13 bits per heavy atom. The zero-order valence-corrected chi connectivity index (χ0v) is 18.2. The molecule has 0 saturated heterocycles. The molecule has 0 atom stereocenters. The first-order valence-electron chi connectivity index (χ1n) is 9.54. The monoisotopic (exact) mass is 444 g/mol. The van der Waals surface area contributed by atoms with Crippen molar-refractivity contribution in [3.8, 4) is 0 Å². The van der Waals surface area contributed by atoms with Crippen LogP contribution in [0.1, 0.15) is 28.8 Å². The van der Waals surface area contributed by atoms with E-state index in [1.54, 1.807) is 37.4 Å². The molecular formula is C20H20N4O4S2. The largest absolute Gasteiger partial charge is 0.325 e. The summed E-state index contributed by atoms with van der Waals surface area (Å²) in [5, 5.41) is 14.9. The number of aromatic nitrogens is 2. The normalized spacial score (nSPS) is 13.3. The van der Waals surface area contributed by atoms with Crippen molar-refractivity contribution in [2.24, 2.45) is 7.05 Å². The number of nitro benzene ring substituents is 1. The number of aryl methyl sites for hydroxylation is 3. The van der Waals surface area contributed by atoms with Gasteiger partial charge in [-0.25, -0.2) is 4.98 Å². The lowest BCUT2D eigenvalue weighted by molar-refractivity contribution is -0.385. The van der Waals surface area contributed by atoms with Gasteiger partial charge in [0.05, 0.1) is 16.1 Å². The fraction of sp³-hybridized carbons (Fsp3) is 0.350. The van der Waals surface area contributed by atoms with Gasteiger partial charge in [-0.2, -0.15) is 0 Å². The smallest absolute Gasteiger partial charge is 0.274 e. The van der Waals surface area contributed by atoms with Crippen molar-refractivity contribution in [3.05, 3.63) is 54.7 Å². The summed E-state index contributed by atoms with van der Waals surface area (Å²) in [6.45, 7) is 1.64. The second kappa shape index (κ2) is 8.19. The average molecular weight is 445 g/mol. The summed E-state index contributed by atoms with van der Waals surface area (Å²) < 4.78 is 1.50. The molecule has 1 aliphatic carbocycles. The Labute approximate surface area is 180 Å². The van der Waals surface area contributed by atoms with Crippen LogP contribution in [0.2, 0.25) is 0 Å². The number of nitrogens with zero attached hydrogens (tertiary/aromatic N) is 3. The maximum atomic E-state index is 12.9. The van der Waals surface area contributed by atoms with E-state index in [-0.39, 0.29) is 22.9 Å². The number of hydrogen-bond acceptors (Lipinski definition) is 7. The number of carbonyl (C=O) groups excluding carboxylic acids is 1. The molecule has 30 heavy (non-hydrogen) atoms. The van der Waals surface area contributed by atoms with Crippen LogP contribution in [0.25, 0.3) is 10.2 Å². The highest BCUT2D eigenvalue weighted by molar-refractivity contribution is 7.99. The number of anilines is 1. The van der Waals surface area contributed by atoms with Crippen LogP contribution in [0.3, 0.4) is 0 Å². The quantitative estimate of drug-likeness (QED) is 0.277. The highest BCUT2D eigenvalue weighted by atomic mass is 32.2. The van der Waals surface area contributed by atoms with E-state index in [1.807, 2.05) is 0 Å². The lowest BCUT2D eigenvalue weighted by Gasteiger charge is -2.11. The molecule has 10 heteroatoms. The van der Waals surface area contributed by atoms with Gasteiger partial charge >= 0.3 is 0 Å². The van der Waals surface area contributed by atoms with E-state index in [0.717, 1.165) is 41.5 Å². The van der Waals surface area contributed by atoms with Crippen molar-refractivity contribution >= 4 is 50.6 Å². The number of amides is 1. The molecule has 156 valence electrons. The van der Waals surface area contributed by atoms with Gasteiger partial charge in [0, 0.05) is 29.2 Å². The third-order valence-corrected chi connectivity index (χ3v) is 7.39. The number of benzene rings is 1. The first kappa shape index (κ1) is 20.5. The molecular weight excluding hydrogens is 424 g/mol. The van der Waals surface area contributed by atoms with Crippen molar-refractivity contribution in [2.75, 3.05) is 11.1 Å². The summed E-state index contributed by atoms with van der Waals surface area (Å²) >= 11 is 2.75. The standard InChI is InChI=1S/C20H20N4O4S2/c1-11-7-8-12(9-14(11)24(27)28)21-16(25)10-29-20-22-18-17(19(26)23(20)2)13-5-3-4-6-15(13)30-18/h7-9H,3-6,10H2,1-2H3,(H,21,25). The van der Waals surface area contributed by atoms with Crippen LogP contribution in [0.4, 0.5) is 11.4 Å². The second-order valence-electron chi connectivity index (χ2n) is 7.24. The zero-order chi connectivity index (χ0) is 21.4. The van der Waals surface area contributed by atoms with E-state index < -0.39 is 4.92 Å². The number of thiophene rings is 1. The van der Waals surface area contributed by atoms with Crippen LogP contribution >= 0.6 is 23.1 Å². The molecule has 1 aliphatic rings. The maximum absolute atomic E-state index is 12.9. The van der Waals surface area contributed by atoms with Crippen LogP contribution < -0.4 is 10.9 Å². The topological polar surface area (TPSA) is 107 Å². The van der Waals surface area contributed by atoms with Crippen molar-refractivity contribution in [1.29, 1.82) is 0 Å². The van der Waals surface area contributed by atoms with Gasteiger partial charge in [0.25, 0.3) is 11.2 Å². The van der Waals surface area contributed by atoms with Gasteiger partial charge in [-0.3, -0.25) is 24.3 Å². The number of hydrogen-bond donors (Lipinski definition) is 1. The predicted molar refractivity (Wildman–Crippen MR) is 119 cm³/mol. The first-order valence-corrected chi connectivity index (χ1v) is 11.3. The number of fused-ring (bicyclic) bond motifs is 3. The van der Waals surface area contributed by atoms with Gasteiger partial charge in [0.15, 0.2) is 5.16 Å². The Morgan fingerprint density at radius 3 is 2.90 bits per heavy atom. The molecule has 2 aromatic heterocycles. The molecule has 2 heterocycles. The summed E-state index contributed by atoms with van der Waals surface area (Å²) in [6, 6.07) is 4.56. The number of nitrogens with one attached hydrogen (secondary N) is 1. The molecule has 8 nitrogen and oxygen atoms in total. The van der Waals surface area contributed by atoms with Crippen molar-refractivity contribution < 1.29 is 9.72 Å².